The molecule has 0 unspecified atom stereocenters. The monoisotopic (exact) mass is 258 g/mol. The molecular weight excluding hydrogens is 244 g/mol. The molecule has 0 spiro atoms. The number of nitrogen functional groups attached to an aromatic ring is 1. The molecule has 1 aromatic rings. The minimum absolute atomic E-state index is 0.130. The Kier molecular flexibility index (Phi) is 4.41. The lowest BCUT2D eigenvalue weighted by molar-refractivity contribution is 0.0955. The molecule has 0 radical (unpaired) electrons. The molecule has 17 heavy (non-hydrogen) atoms. The van der Waals surface area contributed by atoms with E-state index < -0.39 is 10.0 Å². The van der Waals surface area contributed by atoms with Crippen LogP contribution >= 0.6 is 0 Å². The van der Waals surface area contributed by atoms with Gasteiger partial charge < -0.3 is 11.1 Å². The Hall–Kier alpha value is -1.67. The van der Waals surface area contributed by atoms with Crippen molar-refractivity contribution in [3.8, 4) is 0 Å². The molecule has 94 valence electrons. The summed E-state index contributed by atoms with van der Waals surface area (Å²) < 4.78 is 23.7. The van der Waals surface area contributed by atoms with Gasteiger partial charge in [0.1, 0.15) is 0 Å². The Morgan fingerprint density at radius 1 is 1.47 bits per heavy atom. The van der Waals surface area contributed by atoms with E-state index in [-0.39, 0.29) is 24.6 Å². The average molecular weight is 258 g/mol. The van der Waals surface area contributed by atoms with Crippen LogP contribution in [0.5, 0.6) is 0 Å². The molecule has 0 saturated heterocycles. The van der Waals surface area contributed by atoms with Gasteiger partial charge in [-0.15, -0.1) is 0 Å². The zero-order chi connectivity index (χ0) is 12.9. The molecular formula is C9H14N4O3S. The smallest absolute Gasteiger partial charge is 0.254 e. The molecule has 0 aliphatic rings. The van der Waals surface area contributed by atoms with Gasteiger partial charge in [-0.25, -0.2) is 13.1 Å². The largest absolute Gasteiger partial charge is 0.398 e. The highest BCUT2D eigenvalue weighted by Gasteiger charge is 2.08. The molecule has 0 aliphatic carbocycles. The van der Waals surface area contributed by atoms with E-state index >= 15 is 0 Å². The Labute approximate surface area is 99.5 Å². The molecule has 1 aromatic heterocycles. The number of carbonyl (C=O) groups excluding carboxylic acids is 1. The molecule has 1 rings (SSSR count). The molecule has 0 fully saturated rings. The number of aromatic nitrogens is 1. The summed E-state index contributed by atoms with van der Waals surface area (Å²) in [5.41, 5.74) is 6.18. The van der Waals surface area contributed by atoms with Gasteiger partial charge in [-0.1, -0.05) is 0 Å². The Morgan fingerprint density at radius 2 is 2.18 bits per heavy atom. The molecule has 8 heteroatoms. The van der Waals surface area contributed by atoms with Crippen LogP contribution in [-0.2, 0) is 10.0 Å². The quantitative estimate of drug-likeness (QED) is 0.583. The first-order chi connectivity index (χ1) is 7.90. The number of anilines is 1. The second kappa shape index (κ2) is 5.60. The van der Waals surface area contributed by atoms with Gasteiger partial charge >= 0.3 is 0 Å². The molecule has 0 aliphatic heterocycles. The van der Waals surface area contributed by atoms with Gasteiger partial charge in [-0.2, -0.15) is 0 Å². The number of amides is 1. The van der Waals surface area contributed by atoms with Crippen molar-refractivity contribution in [1.82, 2.24) is 15.0 Å². The molecule has 1 amide bonds. The number of carbonyl (C=O) groups is 1. The fourth-order valence-corrected chi connectivity index (χ4v) is 1.58. The van der Waals surface area contributed by atoms with Crippen molar-refractivity contribution in [2.45, 2.75) is 0 Å². The van der Waals surface area contributed by atoms with Crippen molar-refractivity contribution < 1.29 is 13.2 Å². The number of rotatable bonds is 5. The highest BCUT2D eigenvalue weighted by Crippen LogP contribution is 2.07. The SMILES string of the molecule is CS(=O)(=O)NCCNC(=O)c1cnccc1N. The molecule has 1 heterocycles. The van der Waals surface area contributed by atoms with Crippen LogP contribution in [0.3, 0.4) is 0 Å². The standard InChI is InChI=1S/C9H14N4O3S/c1-17(15,16)13-5-4-12-9(14)7-6-11-3-2-8(7)10/h2-3,6,13H,4-5H2,1H3,(H2,10,11)(H,12,14). The van der Waals surface area contributed by atoms with Gasteiger partial charge in [0.15, 0.2) is 0 Å². The number of hydrogen-bond donors (Lipinski definition) is 3. The predicted molar refractivity (Wildman–Crippen MR) is 63.8 cm³/mol. The molecule has 4 N–H and O–H groups in total. The fraction of sp³-hybridized carbons (Fsp3) is 0.333. The van der Waals surface area contributed by atoms with Crippen LogP contribution < -0.4 is 15.8 Å². The second-order valence-electron chi connectivity index (χ2n) is 3.39. The number of sulfonamides is 1. The second-order valence-corrected chi connectivity index (χ2v) is 5.22. The molecule has 7 nitrogen and oxygen atoms in total. The number of pyridine rings is 1. The summed E-state index contributed by atoms with van der Waals surface area (Å²) in [6.45, 7) is 0.310. The summed E-state index contributed by atoms with van der Waals surface area (Å²) in [6.07, 6.45) is 3.89. The van der Waals surface area contributed by atoms with Crippen LogP contribution in [-0.4, -0.2) is 38.7 Å². The summed E-state index contributed by atoms with van der Waals surface area (Å²) in [7, 11) is -3.23. The minimum atomic E-state index is -3.23. The van der Waals surface area contributed by atoms with Crippen molar-refractivity contribution in [2.75, 3.05) is 25.1 Å². The summed E-state index contributed by atoms with van der Waals surface area (Å²) in [6, 6.07) is 1.52. The zero-order valence-electron chi connectivity index (χ0n) is 9.30. The molecule has 0 aromatic carbocycles. The van der Waals surface area contributed by atoms with Crippen molar-refractivity contribution in [3.05, 3.63) is 24.0 Å². The molecule has 0 bridgehead atoms. The van der Waals surface area contributed by atoms with E-state index in [9.17, 15) is 13.2 Å². The van der Waals surface area contributed by atoms with Gasteiger partial charge in [0.2, 0.25) is 10.0 Å². The van der Waals surface area contributed by atoms with Crippen molar-refractivity contribution >= 4 is 21.6 Å². The van der Waals surface area contributed by atoms with Crippen molar-refractivity contribution in [2.24, 2.45) is 0 Å². The Balaban J connectivity index is 2.44. The predicted octanol–water partition coefficient (Wildman–Crippen LogP) is -1.06. The van der Waals surface area contributed by atoms with Crippen LogP contribution in [0.1, 0.15) is 10.4 Å². The third kappa shape index (κ3) is 4.79. The highest BCUT2D eigenvalue weighted by molar-refractivity contribution is 7.88. The Bertz CT molecular complexity index is 501. The van der Waals surface area contributed by atoms with E-state index in [1.165, 1.54) is 18.5 Å². The topological polar surface area (TPSA) is 114 Å². The zero-order valence-corrected chi connectivity index (χ0v) is 10.1. The normalized spacial score (nSPS) is 11.1. The summed E-state index contributed by atoms with van der Waals surface area (Å²) in [5, 5.41) is 2.53. The maximum absolute atomic E-state index is 11.6. The lowest BCUT2D eigenvalue weighted by atomic mass is 10.2. The summed E-state index contributed by atoms with van der Waals surface area (Å²) in [5.74, 6) is -0.383. The van der Waals surface area contributed by atoms with Crippen LogP contribution in [0, 0.1) is 0 Å². The highest BCUT2D eigenvalue weighted by atomic mass is 32.2. The van der Waals surface area contributed by atoms with Crippen LogP contribution in [0.25, 0.3) is 0 Å². The van der Waals surface area contributed by atoms with Gasteiger partial charge in [-0.05, 0) is 6.07 Å². The lowest BCUT2D eigenvalue weighted by Crippen LogP contribution is -2.34. The molecule has 0 saturated carbocycles. The van der Waals surface area contributed by atoms with Gasteiger partial charge in [0, 0.05) is 31.2 Å². The summed E-state index contributed by atoms with van der Waals surface area (Å²) in [4.78, 5) is 15.4. The number of nitrogens with two attached hydrogens (primary N) is 1. The first-order valence-corrected chi connectivity index (χ1v) is 6.71. The number of nitrogens with zero attached hydrogens (tertiary/aromatic N) is 1. The maximum Gasteiger partial charge on any atom is 0.254 e. The third-order valence-corrected chi connectivity index (χ3v) is 2.60. The van der Waals surface area contributed by atoms with Gasteiger partial charge in [0.05, 0.1) is 11.8 Å². The Morgan fingerprint density at radius 3 is 2.76 bits per heavy atom. The van der Waals surface area contributed by atoms with Crippen LogP contribution in [0.4, 0.5) is 5.69 Å². The fourth-order valence-electron chi connectivity index (χ4n) is 1.10. The number of nitrogens with one attached hydrogen (secondary N) is 2. The van der Waals surface area contributed by atoms with Crippen molar-refractivity contribution in [1.29, 1.82) is 0 Å². The van der Waals surface area contributed by atoms with E-state index in [1.54, 1.807) is 0 Å². The first kappa shape index (κ1) is 13.4. The summed E-state index contributed by atoms with van der Waals surface area (Å²) >= 11 is 0. The lowest BCUT2D eigenvalue weighted by Gasteiger charge is -2.06. The molecule has 0 atom stereocenters. The average Bonchev–Trinajstić information content (AvgIpc) is 2.23. The van der Waals surface area contributed by atoms with E-state index in [0.29, 0.717) is 5.69 Å². The van der Waals surface area contributed by atoms with Gasteiger partial charge in [0.25, 0.3) is 5.91 Å². The van der Waals surface area contributed by atoms with Crippen LogP contribution in [0.2, 0.25) is 0 Å². The third-order valence-electron chi connectivity index (χ3n) is 1.87. The van der Waals surface area contributed by atoms with Gasteiger partial charge in [-0.3, -0.25) is 9.78 Å². The van der Waals surface area contributed by atoms with Crippen LogP contribution in [0.15, 0.2) is 18.5 Å². The van der Waals surface area contributed by atoms with E-state index in [2.05, 4.69) is 15.0 Å². The van der Waals surface area contributed by atoms with E-state index in [4.69, 9.17) is 5.73 Å². The maximum atomic E-state index is 11.6. The first-order valence-electron chi connectivity index (χ1n) is 4.82. The number of hydrogen-bond acceptors (Lipinski definition) is 5. The van der Waals surface area contributed by atoms with Crippen molar-refractivity contribution in [3.63, 3.8) is 0 Å². The van der Waals surface area contributed by atoms with E-state index in [1.807, 2.05) is 0 Å². The minimum Gasteiger partial charge on any atom is -0.398 e. The van der Waals surface area contributed by atoms with E-state index in [0.717, 1.165) is 6.26 Å².